The third kappa shape index (κ3) is 3.24. The first-order chi connectivity index (χ1) is 9.85. The molecule has 2 N–H and O–H groups in total. The number of nitrogens with zero attached hydrogens (tertiary/aromatic N) is 1. The Bertz CT molecular complexity index is 594. The van der Waals surface area contributed by atoms with Gasteiger partial charge < -0.3 is 19.8 Å². The van der Waals surface area contributed by atoms with Gasteiger partial charge in [-0.25, -0.2) is 4.79 Å². The smallest absolute Gasteiger partial charge is 0.326 e. The van der Waals surface area contributed by atoms with E-state index in [4.69, 9.17) is 21.4 Å². The van der Waals surface area contributed by atoms with E-state index in [1.807, 2.05) is 22.6 Å². The molecule has 0 bridgehead atoms. The molecule has 1 heterocycles. The Morgan fingerprint density at radius 3 is 2.71 bits per heavy atom. The summed E-state index contributed by atoms with van der Waals surface area (Å²) in [4.78, 5) is 24.9. The summed E-state index contributed by atoms with van der Waals surface area (Å²) in [6.45, 7) is -0.0252. The lowest BCUT2D eigenvalue weighted by atomic mass is 10.1. The van der Waals surface area contributed by atoms with Gasteiger partial charge in [-0.3, -0.25) is 4.79 Å². The molecule has 0 aliphatic carbocycles. The molecule has 1 fully saturated rings. The normalized spacial score (nSPS) is 21.4. The molecule has 1 aliphatic heterocycles. The highest BCUT2D eigenvalue weighted by Gasteiger charge is 2.40. The van der Waals surface area contributed by atoms with Crippen molar-refractivity contribution in [1.82, 2.24) is 4.90 Å². The van der Waals surface area contributed by atoms with Crippen LogP contribution < -0.4 is 4.74 Å². The second-order valence-corrected chi connectivity index (χ2v) is 6.24. The molecule has 1 aromatic carbocycles. The van der Waals surface area contributed by atoms with Gasteiger partial charge in [0.15, 0.2) is 0 Å². The van der Waals surface area contributed by atoms with Crippen LogP contribution in [0.25, 0.3) is 0 Å². The summed E-state index contributed by atoms with van der Waals surface area (Å²) in [6.07, 6.45) is -0.832. The number of aliphatic hydroxyl groups excluding tert-OH is 1. The first-order valence-electron chi connectivity index (χ1n) is 6.10. The number of amides is 1. The van der Waals surface area contributed by atoms with Crippen LogP contribution in [0.5, 0.6) is 5.75 Å². The standard InChI is InChI=1S/C13H13ClINO5/c1-21-11-4-9(15)8(14)3-7(11)12(18)16-5-6(17)2-10(16)13(19)20/h3-4,6,10,17H,2,5H2,1H3,(H,19,20)/t6?,10-/m0/s1. The summed E-state index contributed by atoms with van der Waals surface area (Å²) in [5.41, 5.74) is 0.184. The Balaban J connectivity index is 2.40. The van der Waals surface area contributed by atoms with E-state index in [9.17, 15) is 14.7 Å². The third-order valence-electron chi connectivity index (χ3n) is 3.30. The van der Waals surface area contributed by atoms with Crippen LogP contribution in [0, 0.1) is 3.57 Å². The number of carboxylic acids is 1. The molecule has 6 nitrogen and oxygen atoms in total. The average molecular weight is 426 g/mol. The van der Waals surface area contributed by atoms with Crippen LogP contribution in [0.4, 0.5) is 0 Å². The predicted molar refractivity (Wildman–Crippen MR) is 83.8 cm³/mol. The van der Waals surface area contributed by atoms with Crippen molar-refractivity contribution in [2.75, 3.05) is 13.7 Å². The number of carbonyl (C=O) groups is 2. The molecule has 21 heavy (non-hydrogen) atoms. The molecular formula is C13H13ClINO5. The van der Waals surface area contributed by atoms with Crippen molar-refractivity contribution < 1.29 is 24.5 Å². The summed E-state index contributed by atoms with van der Waals surface area (Å²) in [5, 5.41) is 19.2. The highest BCUT2D eigenvalue weighted by molar-refractivity contribution is 14.1. The molecule has 0 saturated carbocycles. The molecular weight excluding hydrogens is 413 g/mol. The Morgan fingerprint density at radius 1 is 1.48 bits per heavy atom. The molecule has 0 aromatic heterocycles. The van der Waals surface area contributed by atoms with E-state index >= 15 is 0 Å². The maximum Gasteiger partial charge on any atom is 0.326 e. The number of rotatable bonds is 3. The summed E-state index contributed by atoms with van der Waals surface area (Å²) in [7, 11) is 1.42. The number of carboxylic acid groups (broad SMARTS) is 1. The van der Waals surface area contributed by atoms with Gasteiger partial charge in [0.2, 0.25) is 0 Å². The second kappa shape index (κ2) is 6.37. The van der Waals surface area contributed by atoms with Crippen molar-refractivity contribution in [3.05, 3.63) is 26.3 Å². The molecule has 0 radical (unpaired) electrons. The molecule has 1 aliphatic rings. The number of halogens is 2. The number of hydrogen-bond donors (Lipinski definition) is 2. The molecule has 2 rings (SSSR count). The van der Waals surface area contributed by atoms with E-state index < -0.39 is 24.0 Å². The van der Waals surface area contributed by atoms with E-state index in [1.165, 1.54) is 13.2 Å². The van der Waals surface area contributed by atoms with Crippen molar-refractivity contribution in [3.63, 3.8) is 0 Å². The maximum atomic E-state index is 12.6. The summed E-state index contributed by atoms with van der Waals surface area (Å²) < 4.78 is 5.88. The molecule has 1 saturated heterocycles. The lowest BCUT2D eigenvalue weighted by Crippen LogP contribution is -2.40. The molecule has 0 spiro atoms. The number of ether oxygens (including phenoxy) is 1. The zero-order valence-electron chi connectivity index (χ0n) is 11.0. The van der Waals surface area contributed by atoms with Gasteiger partial charge in [0.25, 0.3) is 5.91 Å². The minimum Gasteiger partial charge on any atom is -0.496 e. The summed E-state index contributed by atoms with van der Waals surface area (Å²) in [5.74, 6) is -1.34. The number of likely N-dealkylation sites (tertiary alicyclic amines) is 1. The highest BCUT2D eigenvalue weighted by Crippen LogP contribution is 2.31. The Labute approximate surface area is 139 Å². The van der Waals surface area contributed by atoms with Crippen molar-refractivity contribution in [2.24, 2.45) is 0 Å². The molecule has 8 heteroatoms. The van der Waals surface area contributed by atoms with E-state index in [0.29, 0.717) is 10.8 Å². The number of hydrogen-bond acceptors (Lipinski definition) is 4. The highest BCUT2D eigenvalue weighted by atomic mass is 127. The number of benzene rings is 1. The van der Waals surface area contributed by atoms with Crippen LogP contribution in [0.15, 0.2) is 12.1 Å². The lowest BCUT2D eigenvalue weighted by molar-refractivity contribution is -0.141. The van der Waals surface area contributed by atoms with E-state index in [0.717, 1.165) is 8.47 Å². The Kier molecular flexibility index (Phi) is 4.95. The number of carbonyl (C=O) groups excluding carboxylic acids is 1. The average Bonchev–Trinajstić information content (AvgIpc) is 2.82. The molecule has 1 unspecified atom stereocenters. The Morgan fingerprint density at radius 2 is 2.14 bits per heavy atom. The quantitative estimate of drug-likeness (QED) is 0.719. The van der Waals surface area contributed by atoms with E-state index in [1.54, 1.807) is 6.07 Å². The van der Waals surface area contributed by atoms with Crippen LogP contribution in [0.1, 0.15) is 16.8 Å². The SMILES string of the molecule is COc1cc(I)c(Cl)cc1C(=O)N1CC(O)C[C@H]1C(=O)O. The van der Waals surface area contributed by atoms with Gasteiger partial charge in [-0.1, -0.05) is 11.6 Å². The zero-order valence-corrected chi connectivity index (χ0v) is 14.0. The fourth-order valence-electron chi connectivity index (χ4n) is 2.29. The van der Waals surface area contributed by atoms with Crippen molar-refractivity contribution in [2.45, 2.75) is 18.6 Å². The fraction of sp³-hybridized carbons (Fsp3) is 0.385. The first kappa shape index (κ1) is 16.3. The number of β-amino-alcohol motifs (C(OH)–C–C–N with tert-alkyl or cyclic N) is 1. The Hall–Kier alpha value is -1.06. The van der Waals surface area contributed by atoms with Crippen molar-refractivity contribution >= 4 is 46.1 Å². The van der Waals surface area contributed by atoms with Crippen molar-refractivity contribution in [1.29, 1.82) is 0 Å². The summed E-state index contributed by atoms with van der Waals surface area (Å²) in [6, 6.07) is 2.02. The van der Waals surface area contributed by atoms with E-state index in [2.05, 4.69) is 0 Å². The summed E-state index contributed by atoms with van der Waals surface area (Å²) >= 11 is 8.03. The van der Waals surface area contributed by atoms with Crippen LogP contribution in [-0.4, -0.2) is 52.8 Å². The van der Waals surface area contributed by atoms with Gasteiger partial charge in [-0.05, 0) is 34.7 Å². The number of methoxy groups -OCH3 is 1. The van der Waals surface area contributed by atoms with Crippen LogP contribution >= 0.6 is 34.2 Å². The van der Waals surface area contributed by atoms with Gasteiger partial charge in [-0.2, -0.15) is 0 Å². The minimum atomic E-state index is -1.14. The number of aliphatic carboxylic acids is 1. The van der Waals surface area contributed by atoms with E-state index in [-0.39, 0.29) is 18.5 Å². The molecule has 114 valence electrons. The predicted octanol–water partition coefficient (Wildman–Crippen LogP) is 1.61. The van der Waals surface area contributed by atoms with Gasteiger partial charge >= 0.3 is 5.97 Å². The fourth-order valence-corrected chi connectivity index (χ4v) is 2.89. The molecule has 1 amide bonds. The van der Waals surface area contributed by atoms with Crippen molar-refractivity contribution in [3.8, 4) is 5.75 Å². The van der Waals surface area contributed by atoms with Gasteiger partial charge in [0.1, 0.15) is 11.8 Å². The monoisotopic (exact) mass is 425 g/mol. The van der Waals surface area contributed by atoms with Gasteiger partial charge in [0, 0.05) is 16.5 Å². The topological polar surface area (TPSA) is 87.1 Å². The zero-order chi connectivity index (χ0) is 15.7. The van der Waals surface area contributed by atoms with Gasteiger partial charge in [-0.15, -0.1) is 0 Å². The number of aliphatic hydroxyl groups is 1. The lowest BCUT2D eigenvalue weighted by Gasteiger charge is -2.22. The van der Waals surface area contributed by atoms with Crippen LogP contribution in [-0.2, 0) is 4.79 Å². The van der Waals surface area contributed by atoms with Gasteiger partial charge in [0.05, 0.1) is 23.8 Å². The molecule has 1 aromatic rings. The maximum absolute atomic E-state index is 12.6. The second-order valence-electron chi connectivity index (χ2n) is 4.67. The third-order valence-corrected chi connectivity index (χ3v) is 4.82. The molecule has 2 atom stereocenters. The minimum absolute atomic E-state index is 0.0154. The largest absolute Gasteiger partial charge is 0.496 e. The first-order valence-corrected chi connectivity index (χ1v) is 7.55. The van der Waals surface area contributed by atoms with Crippen LogP contribution in [0.2, 0.25) is 5.02 Å². The van der Waals surface area contributed by atoms with Crippen LogP contribution in [0.3, 0.4) is 0 Å².